The number of carbonyl (C=O) groups is 2. The molecule has 0 amide bonds. The molecule has 0 aliphatic heterocycles. The van der Waals surface area contributed by atoms with Crippen molar-refractivity contribution in [2.24, 2.45) is 0 Å². The van der Waals surface area contributed by atoms with Gasteiger partial charge in [-0.25, -0.2) is 0 Å². The third-order valence-corrected chi connectivity index (χ3v) is 7.33. The van der Waals surface area contributed by atoms with Gasteiger partial charge in [0, 0.05) is 12.8 Å². The number of carbonyl (C=O) groups excluding carboxylic acids is 2. The Morgan fingerprint density at radius 1 is 0.537 bits per heavy atom. The monoisotopic (exact) mass is 550 g/mol. The first-order chi connectivity index (χ1) is 20.1. The fraction of sp³-hybridized carbons (Fsp3) is 0.257. The average molecular weight is 551 g/mol. The molecule has 0 saturated heterocycles. The molecule has 0 spiro atoms. The first-order valence-electron chi connectivity index (χ1n) is 14.0. The normalized spacial score (nSPS) is 12.6. The Hall–Kier alpha value is -4.58. The third kappa shape index (κ3) is 5.68. The van der Waals surface area contributed by atoms with Crippen LogP contribution in [0.3, 0.4) is 0 Å². The highest BCUT2D eigenvalue weighted by atomic mass is 16.6. The van der Waals surface area contributed by atoms with Gasteiger partial charge < -0.3 is 18.9 Å². The van der Waals surface area contributed by atoms with E-state index < -0.39 is 5.41 Å². The molecular formula is C35H34O6. The van der Waals surface area contributed by atoms with Crippen LogP contribution in [-0.2, 0) is 24.5 Å². The molecule has 0 heterocycles. The molecule has 0 bridgehead atoms. The van der Waals surface area contributed by atoms with Crippen molar-refractivity contribution >= 4 is 11.9 Å². The number of fused-ring (bicyclic) bond motifs is 3. The van der Waals surface area contributed by atoms with E-state index in [0.29, 0.717) is 37.6 Å². The molecule has 0 radical (unpaired) electrons. The summed E-state index contributed by atoms with van der Waals surface area (Å²) in [6.07, 6.45) is 0.697. The summed E-state index contributed by atoms with van der Waals surface area (Å²) in [5.74, 6) is 0.952. The van der Waals surface area contributed by atoms with Crippen molar-refractivity contribution in [2.45, 2.75) is 32.1 Å². The smallest absolute Gasteiger partial charge is 0.305 e. The largest absolute Gasteiger partial charge is 0.490 e. The molecule has 0 unspecified atom stereocenters. The van der Waals surface area contributed by atoms with Gasteiger partial charge in [0.05, 0.1) is 5.41 Å². The molecule has 4 aromatic carbocycles. The summed E-state index contributed by atoms with van der Waals surface area (Å²) in [6.45, 7) is 4.56. The van der Waals surface area contributed by atoms with E-state index in [1.54, 1.807) is 13.8 Å². The van der Waals surface area contributed by atoms with E-state index in [1.165, 1.54) is 22.3 Å². The fourth-order valence-corrected chi connectivity index (χ4v) is 5.46. The van der Waals surface area contributed by atoms with Crippen LogP contribution in [0, 0.1) is 0 Å². The lowest BCUT2D eigenvalue weighted by Crippen LogP contribution is -2.28. The van der Waals surface area contributed by atoms with Crippen molar-refractivity contribution in [1.29, 1.82) is 0 Å². The molecule has 0 atom stereocenters. The van der Waals surface area contributed by atoms with E-state index in [2.05, 4.69) is 72.8 Å². The summed E-state index contributed by atoms with van der Waals surface area (Å²) in [5, 5.41) is 0. The second kappa shape index (κ2) is 12.7. The first-order valence-corrected chi connectivity index (χ1v) is 14.0. The van der Waals surface area contributed by atoms with Gasteiger partial charge in [0.2, 0.25) is 0 Å². The molecule has 1 aliphatic carbocycles. The number of hydrogen-bond donors (Lipinski definition) is 0. The highest BCUT2D eigenvalue weighted by Crippen LogP contribution is 2.56. The van der Waals surface area contributed by atoms with Gasteiger partial charge in [-0.3, -0.25) is 9.59 Å². The molecule has 0 aromatic heterocycles. The van der Waals surface area contributed by atoms with E-state index in [0.717, 1.165) is 11.1 Å². The zero-order valence-corrected chi connectivity index (χ0v) is 23.4. The molecule has 1 aliphatic rings. The minimum absolute atomic E-state index is 0.217. The van der Waals surface area contributed by atoms with Gasteiger partial charge in [-0.05, 0) is 57.6 Å². The number of hydrogen-bond acceptors (Lipinski definition) is 6. The Labute approximate surface area is 240 Å². The maximum atomic E-state index is 11.4. The van der Waals surface area contributed by atoms with Crippen molar-refractivity contribution in [3.63, 3.8) is 0 Å². The second-order valence-corrected chi connectivity index (χ2v) is 9.73. The van der Waals surface area contributed by atoms with Gasteiger partial charge >= 0.3 is 11.9 Å². The Kier molecular flexibility index (Phi) is 8.68. The van der Waals surface area contributed by atoms with E-state index in [-0.39, 0.29) is 25.2 Å². The van der Waals surface area contributed by atoms with Crippen LogP contribution in [0.1, 0.15) is 48.9 Å². The van der Waals surface area contributed by atoms with Crippen molar-refractivity contribution in [2.75, 3.05) is 26.4 Å². The molecule has 0 N–H and O–H groups in total. The lowest BCUT2D eigenvalue weighted by atomic mass is 9.68. The first kappa shape index (κ1) is 28.0. The second-order valence-electron chi connectivity index (χ2n) is 9.73. The zero-order valence-electron chi connectivity index (χ0n) is 23.4. The zero-order chi connectivity index (χ0) is 28.7. The van der Waals surface area contributed by atoms with Gasteiger partial charge in [0.15, 0.2) is 0 Å². The van der Waals surface area contributed by atoms with Crippen LogP contribution in [-0.4, -0.2) is 38.4 Å². The van der Waals surface area contributed by atoms with Crippen LogP contribution >= 0.6 is 0 Å². The summed E-state index contributed by atoms with van der Waals surface area (Å²) in [7, 11) is 0. The Morgan fingerprint density at radius 3 is 1.32 bits per heavy atom. The van der Waals surface area contributed by atoms with Crippen LogP contribution in [0.5, 0.6) is 11.5 Å². The maximum Gasteiger partial charge on any atom is 0.305 e. The van der Waals surface area contributed by atoms with Gasteiger partial charge in [0.1, 0.15) is 37.9 Å². The molecular weight excluding hydrogens is 516 g/mol. The van der Waals surface area contributed by atoms with Gasteiger partial charge in [-0.15, -0.1) is 0 Å². The summed E-state index contributed by atoms with van der Waals surface area (Å²) in [5.41, 5.74) is 6.51. The molecule has 5 rings (SSSR count). The van der Waals surface area contributed by atoms with E-state index in [9.17, 15) is 9.59 Å². The SMILES string of the molecule is CCC(=O)OCCOc1ccc(C2(c3ccc(OCCOC(=O)CC)cc3)c3ccccc3-c3ccccc32)cc1. The summed E-state index contributed by atoms with van der Waals surface area (Å²) in [4.78, 5) is 22.8. The van der Waals surface area contributed by atoms with E-state index in [4.69, 9.17) is 18.9 Å². The average Bonchev–Trinajstić information content (AvgIpc) is 3.33. The predicted molar refractivity (Wildman–Crippen MR) is 157 cm³/mol. The van der Waals surface area contributed by atoms with Crippen LogP contribution in [0.25, 0.3) is 11.1 Å². The van der Waals surface area contributed by atoms with Crippen molar-refractivity contribution < 1.29 is 28.5 Å². The number of rotatable bonds is 12. The van der Waals surface area contributed by atoms with Gasteiger partial charge in [0.25, 0.3) is 0 Å². The Morgan fingerprint density at radius 2 is 0.927 bits per heavy atom. The number of esters is 2. The molecule has 0 fully saturated rings. The lowest BCUT2D eigenvalue weighted by Gasteiger charge is -2.34. The van der Waals surface area contributed by atoms with Crippen LogP contribution < -0.4 is 9.47 Å². The van der Waals surface area contributed by atoms with Crippen molar-refractivity contribution in [3.05, 3.63) is 119 Å². The number of benzene rings is 4. The molecule has 6 nitrogen and oxygen atoms in total. The van der Waals surface area contributed by atoms with E-state index in [1.807, 2.05) is 24.3 Å². The standard InChI is InChI=1S/C35H34O6/c1-3-33(36)40-23-21-38-27-17-13-25(14-18-27)35(26-15-19-28(20-16-26)39-22-24-41-34(37)4-2)31-11-7-5-9-29(31)30-10-6-8-12-32(30)35/h5-20H,3-4,21-24H2,1-2H3. The Balaban J connectivity index is 1.47. The summed E-state index contributed by atoms with van der Waals surface area (Å²) in [6, 6.07) is 33.4. The highest BCUT2D eigenvalue weighted by Gasteiger charge is 2.45. The quantitative estimate of drug-likeness (QED) is 0.127. The molecule has 6 heteroatoms. The minimum Gasteiger partial charge on any atom is -0.490 e. The van der Waals surface area contributed by atoms with Crippen molar-refractivity contribution in [1.82, 2.24) is 0 Å². The highest BCUT2D eigenvalue weighted by molar-refractivity contribution is 5.86. The molecule has 4 aromatic rings. The minimum atomic E-state index is -0.544. The molecule has 0 saturated carbocycles. The van der Waals surface area contributed by atoms with Crippen LogP contribution in [0.15, 0.2) is 97.1 Å². The van der Waals surface area contributed by atoms with E-state index >= 15 is 0 Å². The number of ether oxygens (including phenoxy) is 4. The third-order valence-electron chi connectivity index (χ3n) is 7.33. The topological polar surface area (TPSA) is 71.1 Å². The Bertz CT molecular complexity index is 1380. The lowest BCUT2D eigenvalue weighted by molar-refractivity contribution is -0.144. The summed E-state index contributed by atoms with van der Waals surface area (Å²) >= 11 is 0. The predicted octanol–water partition coefficient (Wildman–Crippen LogP) is 6.71. The van der Waals surface area contributed by atoms with Crippen LogP contribution in [0.2, 0.25) is 0 Å². The molecule has 210 valence electrons. The van der Waals surface area contributed by atoms with Crippen LogP contribution in [0.4, 0.5) is 0 Å². The van der Waals surface area contributed by atoms with Gasteiger partial charge in [-0.1, -0.05) is 86.6 Å². The maximum absolute atomic E-state index is 11.4. The summed E-state index contributed by atoms with van der Waals surface area (Å²) < 4.78 is 22.0. The molecule has 41 heavy (non-hydrogen) atoms. The van der Waals surface area contributed by atoms with Gasteiger partial charge in [-0.2, -0.15) is 0 Å². The van der Waals surface area contributed by atoms with Crippen molar-refractivity contribution in [3.8, 4) is 22.6 Å². The fourth-order valence-electron chi connectivity index (χ4n) is 5.46.